The van der Waals surface area contributed by atoms with Crippen molar-refractivity contribution in [3.63, 3.8) is 0 Å². The van der Waals surface area contributed by atoms with Crippen LogP contribution in [-0.4, -0.2) is 59.9 Å². The number of nitriles is 1. The highest BCUT2D eigenvalue weighted by atomic mass is 35.5. The number of carbonyl (C=O) groups excluding carboxylic acids is 2. The van der Waals surface area contributed by atoms with Crippen molar-refractivity contribution in [1.29, 1.82) is 5.26 Å². The second-order valence-corrected chi connectivity index (χ2v) is 12.5. The lowest BCUT2D eigenvalue weighted by molar-refractivity contribution is -0.130. The van der Waals surface area contributed by atoms with Crippen LogP contribution >= 0.6 is 23.2 Å². The number of rotatable bonds is 7. The van der Waals surface area contributed by atoms with Crippen LogP contribution in [0.5, 0.6) is 5.75 Å². The van der Waals surface area contributed by atoms with E-state index in [9.17, 15) is 14.9 Å². The molecule has 2 aliphatic heterocycles. The van der Waals surface area contributed by atoms with Gasteiger partial charge in [0, 0.05) is 55.1 Å². The molecule has 2 saturated heterocycles. The summed E-state index contributed by atoms with van der Waals surface area (Å²) in [5, 5.41) is 14.2. The highest BCUT2D eigenvalue weighted by Crippen LogP contribution is 2.54. The van der Waals surface area contributed by atoms with Crippen molar-refractivity contribution >= 4 is 35.0 Å². The monoisotopic (exact) mass is 654 g/mol. The standard InChI is InChI=1S/C34H34Cl2F2N4O3/c1-20-34(19-39,27-11-10-23(35)17-29(27)37)30(26-8-5-9-28(36)31(26)38)32(42(20)18-22-6-4-7-25(16-22)45-3)33(44)40-24-12-14-41(15-13-24)21(2)43/h4-11,16-17,20,24,30,32H,12-15,18H2,1-3H3,(H,40,44). The van der Waals surface area contributed by atoms with Gasteiger partial charge in [0.2, 0.25) is 11.8 Å². The van der Waals surface area contributed by atoms with E-state index in [4.69, 9.17) is 27.9 Å². The second kappa shape index (κ2) is 13.3. The predicted molar refractivity (Wildman–Crippen MR) is 168 cm³/mol. The van der Waals surface area contributed by atoms with Gasteiger partial charge < -0.3 is 15.0 Å². The summed E-state index contributed by atoms with van der Waals surface area (Å²) in [5.74, 6) is -2.54. The molecular weight excluding hydrogens is 621 g/mol. The van der Waals surface area contributed by atoms with Crippen molar-refractivity contribution in [3.8, 4) is 11.8 Å². The van der Waals surface area contributed by atoms with E-state index in [1.54, 1.807) is 31.1 Å². The number of carbonyl (C=O) groups is 2. The molecule has 4 unspecified atom stereocenters. The van der Waals surface area contributed by atoms with Gasteiger partial charge in [-0.05, 0) is 61.2 Å². The molecule has 236 valence electrons. The average molecular weight is 656 g/mol. The molecule has 0 aliphatic carbocycles. The van der Waals surface area contributed by atoms with Crippen LogP contribution < -0.4 is 10.1 Å². The topological polar surface area (TPSA) is 85.7 Å². The lowest BCUT2D eigenvalue weighted by Crippen LogP contribution is -2.52. The van der Waals surface area contributed by atoms with E-state index in [1.165, 1.54) is 31.2 Å². The van der Waals surface area contributed by atoms with Gasteiger partial charge in [-0.15, -0.1) is 0 Å². The molecule has 45 heavy (non-hydrogen) atoms. The van der Waals surface area contributed by atoms with Gasteiger partial charge in [-0.1, -0.05) is 53.5 Å². The third-order valence-electron chi connectivity index (χ3n) is 9.25. The Morgan fingerprint density at radius 3 is 2.44 bits per heavy atom. The summed E-state index contributed by atoms with van der Waals surface area (Å²) in [4.78, 5) is 30.0. The molecule has 5 rings (SSSR count). The van der Waals surface area contributed by atoms with Gasteiger partial charge in [-0.3, -0.25) is 14.5 Å². The van der Waals surface area contributed by atoms with E-state index in [2.05, 4.69) is 11.4 Å². The van der Waals surface area contributed by atoms with Crippen LogP contribution in [0, 0.1) is 23.0 Å². The maximum Gasteiger partial charge on any atom is 0.238 e. The molecule has 0 spiro atoms. The van der Waals surface area contributed by atoms with Crippen molar-refractivity contribution in [2.45, 2.75) is 62.7 Å². The zero-order valence-corrected chi connectivity index (χ0v) is 26.7. The molecule has 3 aromatic carbocycles. The molecule has 0 radical (unpaired) electrons. The largest absolute Gasteiger partial charge is 0.497 e. The Bertz CT molecular complexity index is 1640. The van der Waals surface area contributed by atoms with E-state index in [0.29, 0.717) is 31.7 Å². The van der Waals surface area contributed by atoms with Crippen molar-refractivity contribution < 1.29 is 23.1 Å². The van der Waals surface area contributed by atoms with Gasteiger partial charge in [0.05, 0.1) is 24.2 Å². The third-order valence-corrected chi connectivity index (χ3v) is 9.78. The smallest absolute Gasteiger partial charge is 0.238 e. The average Bonchev–Trinajstić information content (AvgIpc) is 3.26. The second-order valence-electron chi connectivity index (χ2n) is 11.7. The Morgan fingerprint density at radius 1 is 1.09 bits per heavy atom. The van der Waals surface area contributed by atoms with Crippen molar-refractivity contribution in [3.05, 3.63) is 99.0 Å². The number of hydrogen-bond acceptors (Lipinski definition) is 5. The van der Waals surface area contributed by atoms with Crippen LogP contribution in [0.25, 0.3) is 0 Å². The van der Waals surface area contributed by atoms with E-state index in [-0.39, 0.29) is 39.7 Å². The molecule has 1 N–H and O–H groups in total. The van der Waals surface area contributed by atoms with Crippen LogP contribution in [0.2, 0.25) is 10.0 Å². The normalized spacial score (nSPS) is 23.9. The summed E-state index contributed by atoms with van der Waals surface area (Å²) in [6.45, 7) is 4.41. The number of halogens is 4. The molecule has 0 bridgehead atoms. The highest BCUT2D eigenvalue weighted by molar-refractivity contribution is 6.31. The Balaban J connectivity index is 1.68. The fourth-order valence-electron chi connectivity index (χ4n) is 6.96. The highest BCUT2D eigenvalue weighted by Gasteiger charge is 2.63. The molecule has 2 amide bonds. The number of ether oxygens (including phenoxy) is 1. The molecule has 2 heterocycles. The molecule has 2 fully saturated rings. The van der Waals surface area contributed by atoms with Crippen molar-refractivity contribution in [2.24, 2.45) is 0 Å². The summed E-state index contributed by atoms with van der Waals surface area (Å²) in [5.41, 5.74) is -0.916. The van der Waals surface area contributed by atoms with Crippen LogP contribution in [0.3, 0.4) is 0 Å². The Labute approximate surface area is 271 Å². The minimum Gasteiger partial charge on any atom is -0.497 e. The third kappa shape index (κ3) is 6.11. The number of methoxy groups -OCH3 is 1. The summed E-state index contributed by atoms with van der Waals surface area (Å²) >= 11 is 12.4. The quantitative estimate of drug-likeness (QED) is 0.327. The molecule has 2 aliphatic rings. The van der Waals surface area contributed by atoms with Crippen molar-refractivity contribution in [1.82, 2.24) is 15.1 Å². The maximum atomic E-state index is 16.0. The number of benzene rings is 3. The van der Waals surface area contributed by atoms with Crippen LogP contribution in [-0.2, 0) is 21.5 Å². The number of nitrogens with zero attached hydrogens (tertiary/aromatic N) is 3. The van der Waals surface area contributed by atoms with E-state index >= 15 is 8.78 Å². The number of likely N-dealkylation sites (tertiary alicyclic amines) is 2. The summed E-state index contributed by atoms with van der Waals surface area (Å²) < 4.78 is 37.4. The Morgan fingerprint density at radius 2 is 1.80 bits per heavy atom. The zero-order valence-electron chi connectivity index (χ0n) is 25.2. The van der Waals surface area contributed by atoms with Crippen LogP contribution in [0.15, 0.2) is 60.7 Å². The predicted octanol–water partition coefficient (Wildman–Crippen LogP) is 6.23. The summed E-state index contributed by atoms with van der Waals surface area (Å²) in [6, 6.07) is 16.0. The van der Waals surface area contributed by atoms with Gasteiger partial charge in [0.25, 0.3) is 0 Å². The molecule has 7 nitrogen and oxygen atoms in total. The Hall–Kier alpha value is -3.71. The molecule has 4 atom stereocenters. The fourth-order valence-corrected chi connectivity index (χ4v) is 7.30. The lowest BCUT2D eigenvalue weighted by Gasteiger charge is -2.35. The Kier molecular flexibility index (Phi) is 9.68. The van der Waals surface area contributed by atoms with Gasteiger partial charge in [-0.2, -0.15) is 5.26 Å². The van der Waals surface area contributed by atoms with E-state index in [0.717, 1.165) is 11.6 Å². The zero-order chi connectivity index (χ0) is 32.5. The first-order valence-corrected chi connectivity index (χ1v) is 15.5. The molecule has 0 saturated carbocycles. The van der Waals surface area contributed by atoms with E-state index in [1.807, 2.05) is 23.1 Å². The molecule has 3 aromatic rings. The number of nitrogens with one attached hydrogen (secondary N) is 1. The fraction of sp³-hybridized carbons (Fsp3) is 0.382. The first kappa shape index (κ1) is 32.7. The van der Waals surface area contributed by atoms with Gasteiger partial charge >= 0.3 is 0 Å². The number of hydrogen-bond donors (Lipinski definition) is 1. The van der Waals surface area contributed by atoms with Gasteiger partial charge in [0.15, 0.2) is 0 Å². The minimum absolute atomic E-state index is 0.00647. The van der Waals surface area contributed by atoms with Crippen molar-refractivity contribution in [2.75, 3.05) is 20.2 Å². The molecule has 0 aromatic heterocycles. The van der Waals surface area contributed by atoms with Gasteiger partial charge in [0.1, 0.15) is 22.8 Å². The summed E-state index contributed by atoms with van der Waals surface area (Å²) in [7, 11) is 1.55. The minimum atomic E-state index is -1.74. The van der Waals surface area contributed by atoms with Gasteiger partial charge in [-0.25, -0.2) is 8.78 Å². The SMILES string of the molecule is COc1cccc(CN2C(C(=O)NC3CCN(C(C)=O)CC3)C(c3cccc(Cl)c3F)C(C#N)(c3ccc(Cl)cc3F)C2C)c1. The number of piperidine rings is 1. The number of amides is 2. The first-order chi connectivity index (χ1) is 21.5. The van der Waals surface area contributed by atoms with E-state index < -0.39 is 41.0 Å². The summed E-state index contributed by atoms with van der Waals surface area (Å²) in [6.07, 6.45) is 1.07. The molecular formula is C34H34Cl2F2N4O3. The molecule has 11 heteroatoms. The lowest BCUT2D eigenvalue weighted by atomic mass is 9.65. The van der Waals surface area contributed by atoms with Crippen LogP contribution in [0.4, 0.5) is 8.78 Å². The first-order valence-electron chi connectivity index (χ1n) is 14.8. The maximum absolute atomic E-state index is 16.0. The van der Waals surface area contributed by atoms with Crippen LogP contribution in [0.1, 0.15) is 49.3 Å².